The second kappa shape index (κ2) is 7.96. The molecule has 32 heavy (non-hydrogen) atoms. The molecule has 1 aliphatic heterocycles. The number of benzene rings is 2. The minimum atomic E-state index is -0.632. The molecule has 0 radical (unpaired) electrons. The Bertz CT molecular complexity index is 1290. The van der Waals surface area contributed by atoms with E-state index in [1.54, 1.807) is 0 Å². The molecular weight excluding hydrogens is 406 g/mol. The van der Waals surface area contributed by atoms with Crippen molar-refractivity contribution in [2.24, 2.45) is 0 Å². The van der Waals surface area contributed by atoms with Gasteiger partial charge >= 0.3 is 6.03 Å². The van der Waals surface area contributed by atoms with Crippen LogP contribution in [0.2, 0.25) is 0 Å². The smallest absolute Gasteiger partial charge is 0.325 e. The van der Waals surface area contributed by atoms with E-state index in [9.17, 15) is 9.59 Å². The van der Waals surface area contributed by atoms with Gasteiger partial charge in [-0.15, -0.1) is 0 Å². The fraction of sp³-hybridized carbons (Fsp3) is 0.250. The number of hydrogen-bond donors (Lipinski definition) is 2. The Morgan fingerprint density at radius 3 is 2.66 bits per heavy atom. The Labute approximate surface area is 184 Å². The number of aromatic nitrogens is 3. The number of nitrogens with zero attached hydrogens (tertiary/aromatic N) is 3. The van der Waals surface area contributed by atoms with Gasteiger partial charge in [-0.1, -0.05) is 61.5 Å². The predicted octanol–water partition coefficient (Wildman–Crippen LogP) is 4.00. The van der Waals surface area contributed by atoms with Crippen LogP contribution in [0.15, 0.2) is 59.3 Å². The Morgan fingerprint density at radius 1 is 1.09 bits per heavy atom. The maximum Gasteiger partial charge on any atom is 0.325 e. The average Bonchev–Trinajstić information content (AvgIpc) is 3.49. The highest BCUT2D eigenvalue weighted by molar-refractivity contribution is 6.04. The van der Waals surface area contributed by atoms with Gasteiger partial charge in [-0.2, -0.15) is 4.98 Å². The zero-order valence-electron chi connectivity index (χ0n) is 17.8. The zero-order valence-corrected chi connectivity index (χ0v) is 17.8. The van der Waals surface area contributed by atoms with Crippen LogP contribution in [0.4, 0.5) is 4.79 Å². The van der Waals surface area contributed by atoms with Crippen LogP contribution in [-0.4, -0.2) is 38.0 Å². The highest BCUT2D eigenvalue weighted by Gasteiger charge is 2.39. The number of urea groups is 1. The summed E-state index contributed by atoms with van der Waals surface area (Å²) in [6, 6.07) is 14.7. The highest BCUT2D eigenvalue weighted by atomic mass is 16.5. The van der Waals surface area contributed by atoms with Crippen LogP contribution in [0, 0.1) is 0 Å². The van der Waals surface area contributed by atoms with Crippen molar-refractivity contribution in [2.45, 2.75) is 38.8 Å². The van der Waals surface area contributed by atoms with E-state index in [4.69, 9.17) is 4.52 Å². The van der Waals surface area contributed by atoms with Gasteiger partial charge in [-0.05, 0) is 23.1 Å². The van der Waals surface area contributed by atoms with Crippen LogP contribution >= 0.6 is 0 Å². The number of carbonyl (C=O) groups is 2. The van der Waals surface area contributed by atoms with E-state index in [0.717, 1.165) is 26.9 Å². The van der Waals surface area contributed by atoms with Crippen molar-refractivity contribution >= 4 is 22.8 Å². The number of rotatable bonds is 6. The maximum absolute atomic E-state index is 12.9. The van der Waals surface area contributed by atoms with Crippen molar-refractivity contribution < 1.29 is 14.1 Å². The van der Waals surface area contributed by atoms with Gasteiger partial charge in [-0.25, -0.2) is 4.79 Å². The van der Waals surface area contributed by atoms with Crippen LogP contribution in [0.1, 0.15) is 36.8 Å². The molecule has 8 heteroatoms. The van der Waals surface area contributed by atoms with Gasteiger partial charge in [0.25, 0.3) is 5.91 Å². The van der Waals surface area contributed by atoms with Crippen LogP contribution in [-0.2, 0) is 17.8 Å². The van der Waals surface area contributed by atoms with Crippen LogP contribution in [0.25, 0.3) is 22.3 Å². The normalized spacial score (nSPS) is 16.3. The second-order valence-electron chi connectivity index (χ2n) is 8.28. The van der Waals surface area contributed by atoms with E-state index < -0.39 is 12.1 Å². The third-order valence-electron chi connectivity index (χ3n) is 5.80. The summed E-state index contributed by atoms with van der Waals surface area (Å²) in [5.74, 6) is 0.768. The van der Waals surface area contributed by atoms with Crippen LogP contribution in [0.3, 0.4) is 0 Å². The number of imide groups is 1. The summed E-state index contributed by atoms with van der Waals surface area (Å²) < 4.78 is 5.31. The summed E-state index contributed by atoms with van der Waals surface area (Å²) in [6.45, 7) is 4.20. The highest BCUT2D eigenvalue weighted by Crippen LogP contribution is 2.23. The first-order valence-corrected chi connectivity index (χ1v) is 10.6. The van der Waals surface area contributed by atoms with E-state index in [2.05, 4.69) is 34.3 Å². The minimum absolute atomic E-state index is 0.0634. The lowest BCUT2D eigenvalue weighted by atomic mass is 10.0. The molecular formula is C24H23N5O3. The number of aromatic amines is 1. The Kier molecular flexibility index (Phi) is 4.97. The Hall–Kier alpha value is -3.94. The molecule has 2 aromatic heterocycles. The molecule has 0 saturated carbocycles. The van der Waals surface area contributed by atoms with Gasteiger partial charge in [0.1, 0.15) is 12.6 Å². The van der Waals surface area contributed by atoms with Crippen LogP contribution in [0.5, 0.6) is 0 Å². The number of carbonyl (C=O) groups excluding carboxylic acids is 2. The molecule has 0 bridgehead atoms. The van der Waals surface area contributed by atoms with Crippen LogP contribution < -0.4 is 5.32 Å². The van der Waals surface area contributed by atoms with Gasteiger partial charge in [0, 0.05) is 29.1 Å². The van der Waals surface area contributed by atoms with Crippen molar-refractivity contribution in [3.05, 3.63) is 71.7 Å². The number of fused-ring (bicyclic) bond motifs is 1. The fourth-order valence-corrected chi connectivity index (χ4v) is 3.97. The van der Waals surface area contributed by atoms with Crippen molar-refractivity contribution in [2.75, 3.05) is 0 Å². The first-order valence-electron chi connectivity index (χ1n) is 10.6. The summed E-state index contributed by atoms with van der Waals surface area (Å²) in [4.78, 5) is 34.1. The molecule has 162 valence electrons. The minimum Gasteiger partial charge on any atom is -0.361 e. The van der Waals surface area contributed by atoms with Gasteiger partial charge < -0.3 is 14.8 Å². The van der Waals surface area contributed by atoms with E-state index in [1.165, 1.54) is 5.56 Å². The van der Waals surface area contributed by atoms with Crippen molar-refractivity contribution in [1.29, 1.82) is 0 Å². The number of hydrogen-bond acceptors (Lipinski definition) is 5. The molecule has 1 saturated heterocycles. The fourth-order valence-electron chi connectivity index (χ4n) is 3.97. The predicted molar refractivity (Wildman–Crippen MR) is 119 cm³/mol. The van der Waals surface area contributed by atoms with Crippen molar-refractivity contribution in [3.8, 4) is 11.4 Å². The standard InChI is InChI=1S/C24H23N5O3/c1-14(2)15-7-9-16(10-8-15)22-27-21(32-28-22)13-29-23(30)20(26-24(29)31)11-17-12-25-19-6-4-3-5-18(17)19/h3-10,12,14,20,25H,11,13H2,1-2H3,(H,26,31)/t20-/m0/s1. The lowest BCUT2D eigenvalue weighted by Crippen LogP contribution is -2.32. The third-order valence-corrected chi connectivity index (χ3v) is 5.80. The summed E-state index contributed by atoms with van der Waals surface area (Å²) in [5, 5.41) is 7.81. The summed E-state index contributed by atoms with van der Waals surface area (Å²) >= 11 is 0. The van der Waals surface area contributed by atoms with Gasteiger partial charge in [0.05, 0.1) is 0 Å². The quantitative estimate of drug-likeness (QED) is 0.451. The van der Waals surface area contributed by atoms with Gasteiger partial charge in [0.15, 0.2) is 0 Å². The number of para-hydroxylation sites is 1. The lowest BCUT2D eigenvalue weighted by Gasteiger charge is -2.10. The first-order chi connectivity index (χ1) is 15.5. The average molecular weight is 429 g/mol. The molecule has 3 heterocycles. The molecule has 2 N–H and O–H groups in total. The molecule has 0 aliphatic carbocycles. The van der Waals surface area contributed by atoms with Gasteiger partial charge in [-0.3, -0.25) is 9.69 Å². The molecule has 0 unspecified atom stereocenters. The maximum atomic E-state index is 12.9. The largest absolute Gasteiger partial charge is 0.361 e. The molecule has 1 aliphatic rings. The summed E-state index contributed by atoms with van der Waals surface area (Å²) in [7, 11) is 0. The van der Waals surface area contributed by atoms with E-state index in [0.29, 0.717) is 18.2 Å². The molecule has 5 rings (SSSR count). The van der Waals surface area contributed by atoms with Crippen molar-refractivity contribution in [3.63, 3.8) is 0 Å². The molecule has 0 spiro atoms. The van der Waals surface area contributed by atoms with E-state index in [-0.39, 0.29) is 18.3 Å². The summed E-state index contributed by atoms with van der Waals surface area (Å²) in [5.41, 5.74) is 4.01. The Morgan fingerprint density at radius 2 is 1.88 bits per heavy atom. The number of nitrogens with one attached hydrogen (secondary N) is 2. The zero-order chi connectivity index (χ0) is 22.2. The van der Waals surface area contributed by atoms with E-state index >= 15 is 0 Å². The van der Waals surface area contributed by atoms with Gasteiger partial charge in [0.2, 0.25) is 11.7 Å². The molecule has 4 aromatic rings. The molecule has 2 aromatic carbocycles. The second-order valence-corrected chi connectivity index (χ2v) is 8.28. The van der Waals surface area contributed by atoms with Crippen molar-refractivity contribution in [1.82, 2.24) is 25.3 Å². The number of H-pyrrole nitrogens is 1. The molecule has 1 atom stereocenters. The monoisotopic (exact) mass is 429 g/mol. The topological polar surface area (TPSA) is 104 Å². The summed E-state index contributed by atoms with van der Waals surface area (Å²) in [6.07, 6.45) is 2.28. The third kappa shape index (κ3) is 3.64. The molecule has 1 fully saturated rings. The molecule has 3 amide bonds. The first kappa shape index (κ1) is 20.0. The SMILES string of the molecule is CC(C)c1ccc(-c2noc(CN3C(=O)N[C@@H](Cc4c[nH]c5ccccc45)C3=O)n2)cc1. The Balaban J connectivity index is 1.29. The van der Waals surface area contributed by atoms with E-state index in [1.807, 2.05) is 54.7 Å². The molecule has 8 nitrogen and oxygen atoms in total. The number of amides is 3. The lowest BCUT2D eigenvalue weighted by molar-refractivity contribution is -0.128.